The smallest absolute Gasteiger partial charge is 0.230 e. The maximum atomic E-state index is 10.8. The third-order valence-electron chi connectivity index (χ3n) is 1.48. The molecule has 6 nitrogen and oxygen atoms in total. The van der Waals surface area contributed by atoms with E-state index in [2.05, 4.69) is 5.28 Å². The fourth-order valence-corrected chi connectivity index (χ4v) is 0.846. The molecule has 0 atom stereocenters. The molecule has 3 N–H and O–H groups in total. The molecule has 0 unspecified atom stereocenters. The predicted molar refractivity (Wildman–Crippen MR) is 43.4 cm³/mol. The van der Waals surface area contributed by atoms with Crippen LogP contribution >= 0.6 is 0 Å². The third kappa shape index (κ3) is 3.38. The summed E-state index contributed by atoms with van der Waals surface area (Å²) in [5, 5.41) is 23.0. The molecule has 6 heteroatoms. The van der Waals surface area contributed by atoms with Crippen molar-refractivity contribution in [1.29, 1.82) is 0 Å². The molecule has 0 saturated heterocycles. The van der Waals surface area contributed by atoms with Crippen molar-refractivity contribution < 1.29 is 10.2 Å². The molecule has 0 spiro atoms. The lowest BCUT2D eigenvalue weighted by Crippen LogP contribution is -2.38. The van der Waals surface area contributed by atoms with Crippen LogP contribution in [0.4, 0.5) is 0 Å². The number of hydrogen-bond donors (Lipinski definition) is 2. The van der Waals surface area contributed by atoms with Gasteiger partial charge in [-0.05, 0) is 26.8 Å². The van der Waals surface area contributed by atoms with Crippen LogP contribution in [-0.4, -0.2) is 34.3 Å². The summed E-state index contributed by atoms with van der Waals surface area (Å²) in [5.41, 5.74) is 5.28. The first-order valence-corrected chi connectivity index (χ1v) is 3.92. The Kier molecular flexibility index (Phi) is 5.11. The van der Waals surface area contributed by atoms with E-state index in [0.717, 1.165) is 0 Å². The van der Waals surface area contributed by atoms with Crippen molar-refractivity contribution >= 4 is 0 Å². The molecule has 0 rings (SSSR count). The Labute approximate surface area is 71.8 Å². The minimum Gasteiger partial charge on any atom is -0.569 e. The zero-order valence-electron chi connectivity index (χ0n) is 7.47. The lowest BCUT2D eigenvalue weighted by molar-refractivity contribution is -0.716. The van der Waals surface area contributed by atoms with Crippen molar-refractivity contribution in [3.8, 4) is 0 Å². The summed E-state index contributed by atoms with van der Waals surface area (Å²) in [7, 11) is 0. The summed E-state index contributed by atoms with van der Waals surface area (Å²) in [6.45, 7) is 4.70. The lowest BCUT2D eigenvalue weighted by atomic mass is 10.3. The van der Waals surface area contributed by atoms with Gasteiger partial charge in [-0.15, -0.1) is 5.01 Å². The van der Waals surface area contributed by atoms with Gasteiger partial charge in [0.2, 0.25) is 5.28 Å². The lowest BCUT2D eigenvalue weighted by Gasteiger charge is -2.20. The molecule has 0 fully saturated rings. The van der Waals surface area contributed by atoms with Crippen LogP contribution in [0.3, 0.4) is 0 Å². The van der Waals surface area contributed by atoms with E-state index in [1.165, 1.54) is 5.01 Å². The van der Waals surface area contributed by atoms with Gasteiger partial charge in [0.25, 0.3) is 0 Å². The van der Waals surface area contributed by atoms with Crippen LogP contribution in [0.5, 0.6) is 0 Å². The highest BCUT2D eigenvalue weighted by Crippen LogP contribution is 1.99. The van der Waals surface area contributed by atoms with Gasteiger partial charge in [0.05, 0.1) is 17.6 Å². The molecule has 12 heavy (non-hydrogen) atoms. The maximum absolute atomic E-state index is 10.8. The van der Waals surface area contributed by atoms with Gasteiger partial charge >= 0.3 is 0 Å². The van der Waals surface area contributed by atoms with Crippen LogP contribution in [0.1, 0.15) is 20.3 Å². The highest BCUT2D eigenvalue weighted by Gasteiger charge is 2.15. The summed E-state index contributed by atoms with van der Waals surface area (Å²) in [6.07, 6.45) is 0.701. The van der Waals surface area contributed by atoms with Crippen molar-refractivity contribution in [2.75, 3.05) is 13.1 Å². The highest BCUT2D eigenvalue weighted by molar-refractivity contribution is 4.51. The minimum absolute atomic E-state index is 0.00458. The van der Waals surface area contributed by atoms with Crippen LogP contribution in [0.2, 0.25) is 0 Å². The third-order valence-corrected chi connectivity index (χ3v) is 1.48. The monoisotopic (exact) mass is 176 g/mol. The normalized spacial score (nSPS) is 12.2. The number of hydrazine groups is 1. The average molecular weight is 176 g/mol. The molecule has 0 amide bonds. The van der Waals surface area contributed by atoms with Gasteiger partial charge in [0.1, 0.15) is 0 Å². The van der Waals surface area contributed by atoms with Crippen molar-refractivity contribution in [1.82, 2.24) is 5.01 Å². The fraction of sp³-hybridized carbons (Fsp3) is 1.00. The van der Waals surface area contributed by atoms with Gasteiger partial charge in [-0.3, -0.25) is 0 Å². The van der Waals surface area contributed by atoms with E-state index in [9.17, 15) is 5.21 Å². The van der Waals surface area contributed by atoms with Gasteiger partial charge in [-0.2, -0.15) is 0 Å². The Morgan fingerprint density at radius 3 is 2.58 bits per heavy atom. The highest BCUT2D eigenvalue weighted by atomic mass is 16.6. The van der Waals surface area contributed by atoms with Crippen LogP contribution in [0.15, 0.2) is 5.28 Å². The SMILES string of the molecule is CC(C)N(CCCN)/[N+]([O-])=N/O. The maximum Gasteiger partial charge on any atom is 0.230 e. The molecule has 0 aromatic heterocycles. The fourth-order valence-electron chi connectivity index (χ4n) is 0.846. The summed E-state index contributed by atoms with van der Waals surface area (Å²) >= 11 is 0. The summed E-state index contributed by atoms with van der Waals surface area (Å²) in [5.74, 6) is 0. The average Bonchev–Trinajstić information content (AvgIpc) is 2.04. The van der Waals surface area contributed by atoms with Crippen molar-refractivity contribution in [3.05, 3.63) is 5.21 Å². The van der Waals surface area contributed by atoms with Crippen LogP contribution < -0.4 is 5.73 Å². The molecule has 0 aromatic rings. The Morgan fingerprint density at radius 2 is 2.25 bits per heavy atom. The zero-order valence-corrected chi connectivity index (χ0v) is 7.47. The summed E-state index contributed by atoms with van der Waals surface area (Å²) in [4.78, 5) is 0.181. The van der Waals surface area contributed by atoms with Gasteiger partial charge in [-0.1, -0.05) is 0 Å². The molecule has 0 radical (unpaired) electrons. The largest absolute Gasteiger partial charge is 0.569 e. The molecule has 0 bridgehead atoms. The van der Waals surface area contributed by atoms with E-state index >= 15 is 0 Å². The first-order valence-electron chi connectivity index (χ1n) is 3.92. The van der Waals surface area contributed by atoms with Crippen molar-refractivity contribution in [3.63, 3.8) is 0 Å². The predicted octanol–water partition coefficient (Wildman–Crippen LogP) is 0.312. The van der Waals surface area contributed by atoms with E-state index in [0.29, 0.717) is 19.5 Å². The molecule has 0 aliphatic carbocycles. The second-order valence-corrected chi connectivity index (χ2v) is 2.74. The van der Waals surface area contributed by atoms with E-state index < -0.39 is 0 Å². The van der Waals surface area contributed by atoms with Crippen LogP contribution in [0, 0.1) is 5.21 Å². The Morgan fingerprint density at radius 1 is 1.67 bits per heavy atom. The summed E-state index contributed by atoms with van der Waals surface area (Å²) in [6, 6.07) is 0.00458. The van der Waals surface area contributed by atoms with Gasteiger partial charge in [0.15, 0.2) is 0 Å². The standard InChI is InChI=1S/C6H16N4O2/c1-6(2)9(5-3-4-7)10(12)8-11/h6,11H,3-5,7H2,1-2H3/b10-8-. The van der Waals surface area contributed by atoms with Crippen molar-refractivity contribution in [2.24, 2.45) is 11.0 Å². The van der Waals surface area contributed by atoms with E-state index in [-0.39, 0.29) is 11.0 Å². The number of hydrogen-bond acceptors (Lipinski definition) is 3. The quantitative estimate of drug-likeness (QED) is 0.358. The second-order valence-electron chi connectivity index (χ2n) is 2.74. The molecule has 0 aliphatic heterocycles. The molecule has 0 heterocycles. The molecule has 0 aliphatic rings. The number of nitrogens with zero attached hydrogens (tertiary/aromatic N) is 3. The topological polar surface area (TPSA) is 87.9 Å². The van der Waals surface area contributed by atoms with Crippen LogP contribution in [0.25, 0.3) is 0 Å². The molecular weight excluding hydrogens is 160 g/mol. The molecule has 72 valence electrons. The zero-order chi connectivity index (χ0) is 9.56. The van der Waals surface area contributed by atoms with Gasteiger partial charge in [0, 0.05) is 0 Å². The van der Waals surface area contributed by atoms with Gasteiger partial charge < -0.3 is 16.1 Å². The first kappa shape index (κ1) is 11.0. The van der Waals surface area contributed by atoms with Crippen LogP contribution in [-0.2, 0) is 0 Å². The molecule has 0 aromatic carbocycles. The Balaban J connectivity index is 4.04. The summed E-state index contributed by atoms with van der Waals surface area (Å²) < 4.78 is 0. The van der Waals surface area contributed by atoms with E-state index in [1.54, 1.807) is 0 Å². The van der Waals surface area contributed by atoms with Gasteiger partial charge in [-0.25, -0.2) is 0 Å². The molecular formula is C6H16N4O2. The minimum atomic E-state index is 0.00458. The van der Waals surface area contributed by atoms with E-state index in [4.69, 9.17) is 10.9 Å². The Bertz CT molecular complexity index is 148. The Hall–Kier alpha value is -1.04. The number of rotatable bonds is 5. The molecule has 0 saturated carbocycles. The van der Waals surface area contributed by atoms with E-state index in [1.807, 2.05) is 13.8 Å². The van der Waals surface area contributed by atoms with Crippen molar-refractivity contribution in [2.45, 2.75) is 26.3 Å². The first-order chi connectivity index (χ1) is 5.63. The number of nitrogens with two attached hydrogens (primary N) is 1. The second kappa shape index (κ2) is 5.59.